The van der Waals surface area contributed by atoms with Gasteiger partial charge in [0.25, 0.3) is 0 Å². The summed E-state index contributed by atoms with van der Waals surface area (Å²) in [5, 5.41) is 3.14. The van der Waals surface area contributed by atoms with Crippen LogP contribution in [0.1, 0.15) is 20.8 Å². The first-order chi connectivity index (χ1) is 5.49. The van der Waals surface area contributed by atoms with Gasteiger partial charge in [0.1, 0.15) is 5.82 Å². The van der Waals surface area contributed by atoms with Gasteiger partial charge >= 0.3 is 0 Å². The van der Waals surface area contributed by atoms with Gasteiger partial charge in [-0.3, -0.25) is 0 Å². The Labute approximate surface area is 76.0 Å². The standard InChI is InChI=1S/C10H20N2/c1-8(2)7-10(11-5)12(6)9(3)4/h7,9,11H,1H2,2-6H3/b10-7+. The summed E-state index contributed by atoms with van der Waals surface area (Å²) in [6, 6.07) is 0.503. The maximum atomic E-state index is 3.84. The Kier molecular flexibility index (Phi) is 4.49. The van der Waals surface area contributed by atoms with Gasteiger partial charge in [-0.15, -0.1) is 0 Å². The molecule has 1 N–H and O–H groups in total. The van der Waals surface area contributed by atoms with Gasteiger partial charge in [-0.05, 0) is 26.8 Å². The van der Waals surface area contributed by atoms with Gasteiger partial charge in [0.15, 0.2) is 0 Å². The first-order valence-electron chi connectivity index (χ1n) is 4.26. The summed E-state index contributed by atoms with van der Waals surface area (Å²) in [4.78, 5) is 2.18. The van der Waals surface area contributed by atoms with Gasteiger partial charge in [0.2, 0.25) is 0 Å². The van der Waals surface area contributed by atoms with Gasteiger partial charge in [-0.1, -0.05) is 12.2 Å². The van der Waals surface area contributed by atoms with Crippen LogP contribution < -0.4 is 5.32 Å². The second kappa shape index (κ2) is 4.86. The van der Waals surface area contributed by atoms with E-state index in [1.54, 1.807) is 0 Å². The fourth-order valence-electron chi connectivity index (χ4n) is 0.862. The molecule has 0 saturated heterocycles. The topological polar surface area (TPSA) is 15.3 Å². The zero-order chi connectivity index (χ0) is 9.72. The molecule has 0 aliphatic rings. The Balaban J connectivity index is 4.44. The molecule has 0 fully saturated rings. The van der Waals surface area contributed by atoms with E-state index in [2.05, 4.69) is 37.7 Å². The minimum Gasteiger partial charge on any atom is -0.375 e. The SMILES string of the molecule is C=C(C)/C=C(\NC)N(C)C(C)C. The Bertz CT molecular complexity index is 180. The second-order valence-electron chi connectivity index (χ2n) is 3.33. The minimum absolute atomic E-state index is 0.503. The van der Waals surface area contributed by atoms with Crippen molar-refractivity contribution in [3.8, 4) is 0 Å². The lowest BCUT2D eigenvalue weighted by Gasteiger charge is -2.26. The van der Waals surface area contributed by atoms with Crippen LogP contribution in [0.25, 0.3) is 0 Å². The molecule has 0 amide bonds. The third kappa shape index (κ3) is 3.46. The summed E-state index contributed by atoms with van der Waals surface area (Å²) in [5.41, 5.74) is 1.06. The molecule has 0 aromatic rings. The first kappa shape index (κ1) is 11.1. The largest absolute Gasteiger partial charge is 0.375 e. The van der Waals surface area contributed by atoms with Crippen LogP contribution in [-0.4, -0.2) is 25.0 Å². The van der Waals surface area contributed by atoms with Crippen LogP contribution in [0.3, 0.4) is 0 Å². The molecule has 0 saturated carbocycles. The number of hydrogen-bond donors (Lipinski definition) is 1. The molecule has 0 bridgehead atoms. The Morgan fingerprint density at radius 2 is 2.00 bits per heavy atom. The first-order valence-corrected chi connectivity index (χ1v) is 4.26. The van der Waals surface area contributed by atoms with Gasteiger partial charge in [-0.25, -0.2) is 0 Å². The quantitative estimate of drug-likeness (QED) is 0.646. The molecule has 70 valence electrons. The molecular weight excluding hydrogens is 148 g/mol. The van der Waals surface area contributed by atoms with E-state index >= 15 is 0 Å². The van der Waals surface area contributed by atoms with Crippen molar-refractivity contribution in [3.63, 3.8) is 0 Å². The highest BCUT2D eigenvalue weighted by Gasteiger charge is 2.05. The molecule has 0 radical (unpaired) electrons. The number of nitrogens with one attached hydrogen (secondary N) is 1. The van der Waals surface area contributed by atoms with E-state index in [1.807, 2.05) is 20.0 Å². The van der Waals surface area contributed by atoms with Gasteiger partial charge in [-0.2, -0.15) is 0 Å². The van der Waals surface area contributed by atoms with Crippen molar-refractivity contribution in [2.45, 2.75) is 26.8 Å². The van der Waals surface area contributed by atoms with Gasteiger partial charge < -0.3 is 10.2 Å². The zero-order valence-corrected chi connectivity index (χ0v) is 8.81. The van der Waals surface area contributed by atoms with Crippen molar-refractivity contribution in [1.29, 1.82) is 0 Å². The molecule has 0 unspecified atom stereocenters. The average molecular weight is 168 g/mol. The summed E-state index contributed by atoms with van der Waals surface area (Å²) in [6.07, 6.45) is 2.04. The van der Waals surface area contributed by atoms with Crippen LogP contribution in [0, 0.1) is 0 Å². The lowest BCUT2D eigenvalue weighted by atomic mass is 10.3. The van der Waals surface area contributed by atoms with E-state index in [4.69, 9.17) is 0 Å². The molecule has 2 heteroatoms. The maximum absolute atomic E-state index is 3.84. The molecular formula is C10H20N2. The molecule has 12 heavy (non-hydrogen) atoms. The number of nitrogens with zero attached hydrogens (tertiary/aromatic N) is 1. The van der Waals surface area contributed by atoms with Crippen LogP contribution in [0.2, 0.25) is 0 Å². The van der Waals surface area contributed by atoms with E-state index < -0.39 is 0 Å². The van der Waals surface area contributed by atoms with Crippen molar-refractivity contribution in [3.05, 3.63) is 24.0 Å². The summed E-state index contributed by atoms with van der Waals surface area (Å²) in [6.45, 7) is 10.1. The highest BCUT2D eigenvalue weighted by molar-refractivity contribution is 5.16. The lowest BCUT2D eigenvalue weighted by Crippen LogP contribution is -2.31. The fraction of sp³-hybridized carbons (Fsp3) is 0.600. The van der Waals surface area contributed by atoms with E-state index in [0.29, 0.717) is 6.04 Å². The number of allylic oxidation sites excluding steroid dienone is 2. The molecule has 0 aliphatic heterocycles. The van der Waals surface area contributed by atoms with Crippen molar-refractivity contribution in [1.82, 2.24) is 10.2 Å². The van der Waals surface area contributed by atoms with Crippen LogP contribution >= 0.6 is 0 Å². The van der Waals surface area contributed by atoms with E-state index in [1.165, 1.54) is 0 Å². The highest BCUT2D eigenvalue weighted by atomic mass is 15.2. The van der Waals surface area contributed by atoms with Gasteiger partial charge in [0.05, 0.1) is 0 Å². The summed E-state index contributed by atoms with van der Waals surface area (Å²) in [7, 11) is 3.99. The maximum Gasteiger partial charge on any atom is 0.101 e. The van der Waals surface area contributed by atoms with Crippen LogP contribution in [0.15, 0.2) is 24.0 Å². The molecule has 0 rings (SSSR count). The molecule has 0 heterocycles. The predicted molar refractivity (Wildman–Crippen MR) is 54.9 cm³/mol. The number of rotatable bonds is 4. The highest BCUT2D eigenvalue weighted by Crippen LogP contribution is 2.05. The lowest BCUT2D eigenvalue weighted by molar-refractivity contribution is 0.325. The summed E-state index contributed by atoms with van der Waals surface area (Å²) < 4.78 is 0. The van der Waals surface area contributed by atoms with Crippen molar-refractivity contribution >= 4 is 0 Å². The normalized spacial score (nSPS) is 11.7. The molecule has 0 aromatic carbocycles. The summed E-state index contributed by atoms with van der Waals surface area (Å²) in [5.74, 6) is 1.11. The smallest absolute Gasteiger partial charge is 0.101 e. The van der Waals surface area contributed by atoms with Crippen molar-refractivity contribution in [2.24, 2.45) is 0 Å². The number of hydrogen-bond acceptors (Lipinski definition) is 2. The molecule has 0 aliphatic carbocycles. The van der Waals surface area contributed by atoms with E-state index in [0.717, 1.165) is 11.4 Å². The van der Waals surface area contributed by atoms with Crippen molar-refractivity contribution in [2.75, 3.05) is 14.1 Å². The molecule has 0 spiro atoms. The fourth-order valence-corrected chi connectivity index (χ4v) is 0.862. The summed E-state index contributed by atoms with van der Waals surface area (Å²) >= 11 is 0. The predicted octanol–water partition coefficient (Wildman–Crippen LogP) is 1.96. The Hall–Kier alpha value is -0.920. The Morgan fingerprint density at radius 1 is 1.50 bits per heavy atom. The van der Waals surface area contributed by atoms with Crippen molar-refractivity contribution < 1.29 is 0 Å². The third-order valence-electron chi connectivity index (χ3n) is 1.79. The monoisotopic (exact) mass is 168 g/mol. The molecule has 2 nitrogen and oxygen atoms in total. The van der Waals surface area contributed by atoms with Crippen LogP contribution in [-0.2, 0) is 0 Å². The van der Waals surface area contributed by atoms with Crippen LogP contribution in [0.4, 0.5) is 0 Å². The molecule has 0 aromatic heterocycles. The average Bonchev–Trinajstić information content (AvgIpc) is 1.98. The zero-order valence-electron chi connectivity index (χ0n) is 8.81. The third-order valence-corrected chi connectivity index (χ3v) is 1.79. The van der Waals surface area contributed by atoms with E-state index in [-0.39, 0.29) is 0 Å². The van der Waals surface area contributed by atoms with Gasteiger partial charge in [0, 0.05) is 20.1 Å². The Morgan fingerprint density at radius 3 is 2.25 bits per heavy atom. The van der Waals surface area contributed by atoms with Crippen LogP contribution in [0.5, 0.6) is 0 Å². The molecule has 0 atom stereocenters. The van der Waals surface area contributed by atoms with E-state index in [9.17, 15) is 0 Å². The second-order valence-corrected chi connectivity index (χ2v) is 3.33. The minimum atomic E-state index is 0.503.